The molecule has 0 aliphatic carbocycles. The Bertz CT molecular complexity index is 539. The van der Waals surface area contributed by atoms with Crippen LogP contribution >= 0.6 is 15.9 Å². The zero-order chi connectivity index (χ0) is 15.6. The van der Waals surface area contributed by atoms with Crippen molar-refractivity contribution in [1.82, 2.24) is 14.9 Å². The minimum absolute atomic E-state index is 0.0914. The first-order valence-electron chi connectivity index (χ1n) is 6.79. The second kappa shape index (κ2) is 6.09. The van der Waals surface area contributed by atoms with Crippen molar-refractivity contribution in [1.29, 1.82) is 0 Å². The van der Waals surface area contributed by atoms with E-state index >= 15 is 0 Å². The SMILES string of the molecule is CC(C)(C)OC(=O)C1CCCN1C(=O)c1ncc(Br)cn1. The van der Waals surface area contributed by atoms with Gasteiger partial charge >= 0.3 is 5.97 Å². The van der Waals surface area contributed by atoms with Crippen LogP contribution in [0.25, 0.3) is 0 Å². The van der Waals surface area contributed by atoms with E-state index in [0.717, 1.165) is 6.42 Å². The van der Waals surface area contributed by atoms with Crippen LogP contribution in [0.3, 0.4) is 0 Å². The Morgan fingerprint density at radius 3 is 2.52 bits per heavy atom. The number of ether oxygens (including phenoxy) is 1. The van der Waals surface area contributed by atoms with Crippen molar-refractivity contribution in [3.05, 3.63) is 22.7 Å². The molecule has 1 aliphatic rings. The van der Waals surface area contributed by atoms with Gasteiger partial charge in [0.1, 0.15) is 11.6 Å². The van der Waals surface area contributed by atoms with Crippen LogP contribution in [-0.4, -0.2) is 44.9 Å². The second-order valence-corrected chi connectivity index (χ2v) is 6.83. The van der Waals surface area contributed by atoms with Gasteiger partial charge in [-0.25, -0.2) is 14.8 Å². The number of nitrogens with zero attached hydrogens (tertiary/aromatic N) is 3. The smallest absolute Gasteiger partial charge is 0.329 e. The van der Waals surface area contributed by atoms with Gasteiger partial charge in [-0.3, -0.25) is 4.79 Å². The van der Waals surface area contributed by atoms with E-state index in [1.165, 1.54) is 17.3 Å². The molecule has 2 heterocycles. The number of carbonyl (C=O) groups excluding carboxylic acids is 2. The highest BCUT2D eigenvalue weighted by molar-refractivity contribution is 9.10. The lowest BCUT2D eigenvalue weighted by atomic mass is 10.1. The van der Waals surface area contributed by atoms with E-state index in [-0.39, 0.29) is 17.7 Å². The summed E-state index contributed by atoms with van der Waals surface area (Å²) in [5.41, 5.74) is -0.567. The monoisotopic (exact) mass is 355 g/mol. The highest BCUT2D eigenvalue weighted by Crippen LogP contribution is 2.22. The molecule has 1 aromatic heterocycles. The predicted molar refractivity (Wildman–Crippen MR) is 79.6 cm³/mol. The number of hydrogen-bond donors (Lipinski definition) is 0. The molecule has 1 saturated heterocycles. The number of amides is 1. The first-order valence-corrected chi connectivity index (χ1v) is 7.58. The maximum atomic E-state index is 12.4. The molecule has 1 aliphatic heterocycles. The lowest BCUT2D eigenvalue weighted by molar-refractivity contribution is -0.159. The summed E-state index contributed by atoms with van der Waals surface area (Å²) in [4.78, 5) is 34.1. The van der Waals surface area contributed by atoms with Crippen molar-refractivity contribution < 1.29 is 14.3 Å². The molecular formula is C14H18BrN3O3. The number of halogens is 1. The molecule has 0 aromatic carbocycles. The molecule has 1 aromatic rings. The number of carbonyl (C=O) groups is 2. The van der Waals surface area contributed by atoms with Crippen LogP contribution < -0.4 is 0 Å². The maximum Gasteiger partial charge on any atom is 0.329 e. The van der Waals surface area contributed by atoms with Gasteiger partial charge in [0, 0.05) is 18.9 Å². The largest absolute Gasteiger partial charge is 0.458 e. The van der Waals surface area contributed by atoms with Gasteiger partial charge in [0.2, 0.25) is 5.82 Å². The van der Waals surface area contributed by atoms with E-state index in [9.17, 15) is 9.59 Å². The van der Waals surface area contributed by atoms with Gasteiger partial charge < -0.3 is 9.64 Å². The first kappa shape index (κ1) is 15.9. The van der Waals surface area contributed by atoms with E-state index in [2.05, 4.69) is 25.9 Å². The number of aromatic nitrogens is 2. The molecular weight excluding hydrogens is 338 g/mol. The molecule has 1 unspecified atom stereocenters. The maximum absolute atomic E-state index is 12.4. The Kier molecular flexibility index (Phi) is 4.61. The Morgan fingerprint density at radius 1 is 1.33 bits per heavy atom. The van der Waals surface area contributed by atoms with Crippen LogP contribution in [0.2, 0.25) is 0 Å². The number of esters is 1. The highest BCUT2D eigenvalue weighted by Gasteiger charge is 2.38. The molecule has 0 spiro atoms. The molecule has 0 saturated carbocycles. The predicted octanol–water partition coefficient (Wildman–Crippen LogP) is 2.19. The lowest BCUT2D eigenvalue weighted by Crippen LogP contribution is -2.44. The lowest BCUT2D eigenvalue weighted by Gasteiger charge is -2.27. The Labute approximate surface area is 132 Å². The standard InChI is InChI=1S/C14H18BrN3O3/c1-14(2,3)21-13(20)10-5-4-6-18(10)12(19)11-16-7-9(15)8-17-11/h7-8,10H,4-6H2,1-3H3. The van der Waals surface area contributed by atoms with Gasteiger partial charge in [-0.1, -0.05) is 0 Å². The van der Waals surface area contributed by atoms with Gasteiger partial charge in [-0.15, -0.1) is 0 Å². The molecule has 0 N–H and O–H groups in total. The van der Waals surface area contributed by atoms with Gasteiger partial charge in [-0.05, 0) is 49.5 Å². The Morgan fingerprint density at radius 2 is 1.95 bits per heavy atom. The molecule has 6 nitrogen and oxygen atoms in total. The van der Waals surface area contributed by atoms with Crippen molar-refractivity contribution in [3.63, 3.8) is 0 Å². The van der Waals surface area contributed by atoms with Crippen molar-refractivity contribution in [2.45, 2.75) is 45.3 Å². The average Bonchev–Trinajstić information content (AvgIpc) is 2.86. The molecule has 0 radical (unpaired) electrons. The number of likely N-dealkylation sites (tertiary alicyclic amines) is 1. The third-order valence-electron chi connectivity index (χ3n) is 3.00. The third kappa shape index (κ3) is 4.00. The van der Waals surface area contributed by atoms with Crippen molar-refractivity contribution in [3.8, 4) is 0 Å². The van der Waals surface area contributed by atoms with Crippen LogP contribution in [0, 0.1) is 0 Å². The van der Waals surface area contributed by atoms with Crippen LogP contribution in [-0.2, 0) is 9.53 Å². The van der Waals surface area contributed by atoms with Crippen molar-refractivity contribution in [2.24, 2.45) is 0 Å². The van der Waals surface area contributed by atoms with Crippen LogP contribution in [0.15, 0.2) is 16.9 Å². The fourth-order valence-electron chi connectivity index (χ4n) is 2.18. The second-order valence-electron chi connectivity index (χ2n) is 5.91. The first-order chi connectivity index (χ1) is 9.78. The van der Waals surface area contributed by atoms with Gasteiger partial charge in [0.15, 0.2) is 0 Å². The van der Waals surface area contributed by atoms with E-state index in [4.69, 9.17) is 4.74 Å². The molecule has 2 rings (SSSR count). The molecule has 1 fully saturated rings. The fraction of sp³-hybridized carbons (Fsp3) is 0.571. The minimum Gasteiger partial charge on any atom is -0.458 e. The summed E-state index contributed by atoms with van der Waals surface area (Å²) >= 11 is 3.22. The van der Waals surface area contributed by atoms with E-state index in [1.54, 1.807) is 0 Å². The summed E-state index contributed by atoms with van der Waals surface area (Å²) in [6.45, 7) is 5.94. The fourth-order valence-corrected chi connectivity index (χ4v) is 2.38. The normalized spacial score (nSPS) is 18.7. The third-order valence-corrected chi connectivity index (χ3v) is 3.41. The number of rotatable bonds is 2. The van der Waals surface area contributed by atoms with Crippen LogP contribution in [0.5, 0.6) is 0 Å². The summed E-state index contributed by atoms with van der Waals surface area (Å²) in [5, 5.41) is 0. The molecule has 1 amide bonds. The summed E-state index contributed by atoms with van der Waals surface area (Å²) < 4.78 is 6.07. The van der Waals surface area contributed by atoms with Crippen molar-refractivity contribution in [2.75, 3.05) is 6.54 Å². The summed E-state index contributed by atoms with van der Waals surface area (Å²) in [6, 6.07) is -0.552. The van der Waals surface area contributed by atoms with Crippen LogP contribution in [0.4, 0.5) is 0 Å². The van der Waals surface area contributed by atoms with E-state index < -0.39 is 11.6 Å². The minimum atomic E-state index is -0.567. The number of hydrogen-bond acceptors (Lipinski definition) is 5. The molecule has 0 bridgehead atoms. The summed E-state index contributed by atoms with van der Waals surface area (Å²) in [6.07, 6.45) is 4.40. The molecule has 21 heavy (non-hydrogen) atoms. The molecule has 7 heteroatoms. The van der Waals surface area contributed by atoms with Crippen LogP contribution in [0.1, 0.15) is 44.2 Å². The highest BCUT2D eigenvalue weighted by atomic mass is 79.9. The van der Waals surface area contributed by atoms with Gasteiger partial charge in [-0.2, -0.15) is 0 Å². The Balaban J connectivity index is 2.13. The zero-order valence-corrected chi connectivity index (χ0v) is 13.9. The van der Waals surface area contributed by atoms with Crippen molar-refractivity contribution >= 4 is 27.8 Å². The topological polar surface area (TPSA) is 72.4 Å². The van der Waals surface area contributed by atoms with E-state index in [1.807, 2.05) is 20.8 Å². The zero-order valence-electron chi connectivity index (χ0n) is 12.3. The molecule has 1 atom stereocenters. The Hall–Kier alpha value is -1.50. The van der Waals surface area contributed by atoms with Gasteiger partial charge in [0.25, 0.3) is 5.91 Å². The quantitative estimate of drug-likeness (QED) is 0.760. The average molecular weight is 356 g/mol. The van der Waals surface area contributed by atoms with Gasteiger partial charge in [0.05, 0.1) is 4.47 Å². The van der Waals surface area contributed by atoms with E-state index in [0.29, 0.717) is 17.4 Å². The summed E-state index contributed by atoms with van der Waals surface area (Å²) in [5.74, 6) is -0.616. The summed E-state index contributed by atoms with van der Waals surface area (Å²) in [7, 11) is 0. The molecule has 114 valence electrons.